The lowest BCUT2D eigenvalue weighted by molar-refractivity contribution is 0.0827. The van der Waals surface area contributed by atoms with Crippen LogP contribution in [0.25, 0.3) is 11.0 Å². The summed E-state index contributed by atoms with van der Waals surface area (Å²) in [7, 11) is 4.94. The summed E-state index contributed by atoms with van der Waals surface area (Å²) in [5.41, 5.74) is 8.58. The molecule has 0 radical (unpaired) electrons. The fourth-order valence-electron chi connectivity index (χ4n) is 4.06. The van der Waals surface area contributed by atoms with E-state index in [4.69, 9.17) is 19.6 Å². The maximum atomic E-state index is 13.2. The summed E-state index contributed by atoms with van der Waals surface area (Å²) in [6.45, 7) is 4.34. The van der Waals surface area contributed by atoms with Crippen LogP contribution in [-0.4, -0.2) is 58.3 Å². The van der Waals surface area contributed by atoms with Gasteiger partial charge in [-0.15, -0.1) is 0 Å². The Bertz CT molecular complexity index is 1260. The highest BCUT2D eigenvalue weighted by Crippen LogP contribution is 2.34. The number of carbonyl (C=O) groups excluding carboxylic acids is 1. The molecule has 9 heteroatoms. The molecule has 1 fully saturated rings. The molecule has 9 nitrogen and oxygen atoms in total. The average Bonchev–Trinajstić information content (AvgIpc) is 2.83. The summed E-state index contributed by atoms with van der Waals surface area (Å²) in [6, 6.07) is 9.84. The first kappa shape index (κ1) is 23.4. The minimum atomic E-state index is -0.337. The van der Waals surface area contributed by atoms with E-state index in [2.05, 4.69) is 5.32 Å². The van der Waals surface area contributed by atoms with Gasteiger partial charge in [-0.3, -0.25) is 9.59 Å². The molecule has 0 aliphatic carbocycles. The van der Waals surface area contributed by atoms with Gasteiger partial charge in [-0.1, -0.05) is 0 Å². The first-order chi connectivity index (χ1) is 16.3. The van der Waals surface area contributed by atoms with Crippen LogP contribution in [0.3, 0.4) is 0 Å². The molecule has 2 heterocycles. The number of amides is 1. The van der Waals surface area contributed by atoms with Crippen molar-refractivity contribution in [1.82, 2.24) is 4.90 Å². The molecule has 0 saturated carbocycles. The van der Waals surface area contributed by atoms with Crippen molar-refractivity contribution in [2.45, 2.75) is 13.0 Å². The Hall–Kier alpha value is -3.72. The minimum absolute atomic E-state index is 0.200. The molecule has 3 N–H and O–H groups in total. The Balaban J connectivity index is 1.86. The van der Waals surface area contributed by atoms with Gasteiger partial charge in [0.05, 0.1) is 37.4 Å². The van der Waals surface area contributed by atoms with Crippen molar-refractivity contribution >= 4 is 34.1 Å². The summed E-state index contributed by atoms with van der Waals surface area (Å²) < 4.78 is 17.2. The number of nitrogens with two attached hydrogens (primary N) is 1. The van der Waals surface area contributed by atoms with E-state index in [9.17, 15) is 9.59 Å². The first-order valence-corrected chi connectivity index (χ1v) is 11.1. The molecular weight excluding hydrogens is 436 g/mol. The number of morpholine rings is 1. The average molecular weight is 467 g/mol. The summed E-state index contributed by atoms with van der Waals surface area (Å²) in [6.07, 6.45) is 0. The number of ether oxygens (including phenoxy) is 2. The zero-order chi connectivity index (χ0) is 24.4. The molecule has 180 valence electrons. The van der Waals surface area contributed by atoms with Crippen LogP contribution < -0.4 is 26.1 Å². The molecule has 1 saturated heterocycles. The van der Waals surface area contributed by atoms with E-state index >= 15 is 0 Å². The second kappa shape index (κ2) is 9.64. The van der Waals surface area contributed by atoms with Crippen molar-refractivity contribution in [3.8, 4) is 5.75 Å². The van der Waals surface area contributed by atoms with E-state index < -0.39 is 0 Å². The van der Waals surface area contributed by atoms with Crippen molar-refractivity contribution in [2.24, 2.45) is 0 Å². The number of nitrogens with zero attached hydrogens (tertiary/aromatic N) is 2. The van der Waals surface area contributed by atoms with E-state index in [0.29, 0.717) is 71.4 Å². The molecule has 2 aromatic carbocycles. The monoisotopic (exact) mass is 466 g/mol. The number of hydrogen-bond acceptors (Lipinski definition) is 8. The van der Waals surface area contributed by atoms with E-state index in [1.807, 2.05) is 11.8 Å². The Morgan fingerprint density at radius 2 is 1.91 bits per heavy atom. The van der Waals surface area contributed by atoms with Gasteiger partial charge in [-0.2, -0.15) is 0 Å². The Morgan fingerprint density at radius 1 is 1.18 bits per heavy atom. The summed E-state index contributed by atoms with van der Waals surface area (Å²) >= 11 is 0. The standard InChI is InChI=1S/C25H30N4O5/c1-15(27-20-13-17(26)5-6-22(20)32-4)18-11-16(25(31)28(2)3)12-19-21(30)14-23(34-24(18)19)29-7-9-33-10-8-29/h5-6,11-15,27H,7-10,26H2,1-4H3. The van der Waals surface area contributed by atoms with Crippen molar-refractivity contribution in [1.29, 1.82) is 0 Å². The Labute approximate surface area is 198 Å². The Morgan fingerprint density at radius 3 is 2.59 bits per heavy atom. The molecule has 1 atom stereocenters. The van der Waals surface area contributed by atoms with Gasteiger partial charge in [0.15, 0.2) is 11.3 Å². The zero-order valence-corrected chi connectivity index (χ0v) is 19.9. The quantitative estimate of drug-likeness (QED) is 0.534. The maximum Gasteiger partial charge on any atom is 0.253 e. The Kier molecular flexibility index (Phi) is 6.65. The van der Waals surface area contributed by atoms with Crippen LogP contribution in [0.5, 0.6) is 5.75 Å². The molecule has 0 bridgehead atoms. The van der Waals surface area contributed by atoms with Gasteiger partial charge < -0.3 is 34.7 Å². The number of hydrogen-bond donors (Lipinski definition) is 2. The van der Waals surface area contributed by atoms with E-state index in [-0.39, 0.29) is 17.4 Å². The van der Waals surface area contributed by atoms with Gasteiger partial charge >= 0.3 is 0 Å². The van der Waals surface area contributed by atoms with Crippen LogP contribution in [0.1, 0.15) is 28.9 Å². The molecule has 0 spiro atoms. The SMILES string of the molecule is COc1ccc(N)cc1NC(C)c1cc(C(=O)N(C)C)cc2c(=O)cc(N3CCOCC3)oc12. The number of nitrogens with one attached hydrogen (secondary N) is 1. The number of carbonyl (C=O) groups is 1. The third-order valence-corrected chi connectivity index (χ3v) is 5.88. The largest absolute Gasteiger partial charge is 0.495 e. The van der Waals surface area contributed by atoms with Crippen LogP contribution in [0.15, 0.2) is 45.6 Å². The number of anilines is 3. The van der Waals surface area contributed by atoms with Gasteiger partial charge in [0.1, 0.15) is 11.3 Å². The third kappa shape index (κ3) is 4.65. The van der Waals surface area contributed by atoms with Crippen molar-refractivity contribution in [2.75, 3.05) is 63.5 Å². The van der Waals surface area contributed by atoms with E-state index in [1.165, 1.54) is 11.0 Å². The molecular formula is C25H30N4O5. The smallest absolute Gasteiger partial charge is 0.253 e. The zero-order valence-electron chi connectivity index (χ0n) is 19.9. The predicted octanol–water partition coefficient (Wildman–Crippen LogP) is 3.10. The van der Waals surface area contributed by atoms with E-state index in [1.54, 1.807) is 51.5 Å². The van der Waals surface area contributed by atoms with Gasteiger partial charge in [-0.05, 0) is 37.3 Å². The molecule has 34 heavy (non-hydrogen) atoms. The minimum Gasteiger partial charge on any atom is -0.495 e. The number of fused-ring (bicyclic) bond motifs is 1. The molecule has 3 aromatic rings. The lowest BCUT2D eigenvalue weighted by atomic mass is 9.99. The first-order valence-electron chi connectivity index (χ1n) is 11.1. The van der Waals surface area contributed by atoms with Crippen molar-refractivity contribution < 1.29 is 18.7 Å². The second-order valence-corrected chi connectivity index (χ2v) is 8.52. The van der Waals surface area contributed by atoms with Gasteiger partial charge in [0.25, 0.3) is 5.91 Å². The van der Waals surface area contributed by atoms with Crippen LogP contribution >= 0.6 is 0 Å². The fourth-order valence-corrected chi connectivity index (χ4v) is 4.06. The third-order valence-electron chi connectivity index (χ3n) is 5.88. The van der Waals surface area contributed by atoms with Crippen molar-refractivity contribution in [3.63, 3.8) is 0 Å². The maximum absolute atomic E-state index is 13.2. The fraction of sp³-hybridized carbons (Fsp3) is 0.360. The highest BCUT2D eigenvalue weighted by atomic mass is 16.5. The lowest BCUT2D eigenvalue weighted by Crippen LogP contribution is -2.36. The van der Waals surface area contributed by atoms with Gasteiger partial charge in [-0.25, -0.2) is 0 Å². The summed E-state index contributed by atoms with van der Waals surface area (Å²) in [5, 5.41) is 3.75. The van der Waals surface area contributed by atoms with Gasteiger partial charge in [0, 0.05) is 50.1 Å². The topological polar surface area (TPSA) is 110 Å². The number of nitrogen functional groups attached to an aromatic ring is 1. The number of methoxy groups -OCH3 is 1. The lowest BCUT2D eigenvalue weighted by Gasteiger charge is -2.27. The summed E-state index contributed by atoms with van der Waals surface area (Å²) in [5.74, 6) is 0.914. The van der Waals surface area contributed by atoms with Crippen molar-refractivity contribution in [3.05, 3.63) is 57.7 Å². The molecule has 1 amide bonds. The summed E-state index contributed by atoms with van der Waals surface area (Å²) in [4.78, 5) is 29.4. The number of rotatable bonds is 6. The van der Waals surface area contributed by atoms with Crippen LogP contribution in [0.4, 0.5) is 17.3 Å². The molecule has 1 aromatic heterocycles. The normalized spacial score (nSPS) is 14.6. The van der Waals surface area contributed by atoms with Crippen LogP contribution in [0.2, 0.25) is 0 Å². The second-order valence-electron chi connectivity index (χ2n) is 8.52. The molecule has 1 unspecified atom stereocenters. The highest BCUT2D eigenvalue weighted by molar-refractivity contribution is 5.98. The van der Waals surface area contributed by atoms with Crippen LogP contribution in [0, 0.1) is 0 Å². The predicted molar refractivity (Wildman–Crippen MR) is 133 cm³/mol. The number of benzene rings is 2. The van der Waals surface area contributed by atoms with E-state index in [0.717, 1.165) is 0 Å². The molecule has 1 aliphatic rings. The van der Waals surface area contributed by atoms with Crippen LogP contribution in [-0.2, 0) is 4.74 Å². The molecule has 1 aliphatic heterocycles. The van der Waals surface area contributed by atoms with Gasteiger partial charge in [0.2, 0.25) is 0 Å². The molecule has 4 rings (SSSR count). The highest BCUT2D eigenvalue weighted by Gasteiger charge is 2.22.